The van der Waals surface area contributed by atoms with Crippen molar-refractivity contribution in [3.05, 3.63) is 47.7 Å². The van der Waals surface area contributed by atoms with Gasteiger partial charge >= 0.3 is 5.97 Å². The molecule has 0 amide bonds. The van der Waals surface area contributed by atoms with Gasteiger partial charge in [0.15, 0.2) is 0 Å². The van der Waals surface area contributed by atoms with Gasteiger partial charge < -0.3 is 9.84 Å². The molecule has 0 atom stereocenters. The van der Waals surface area contributed by atoms with Gasteiger partial charge in [-0.25, -0.2) is 4.79 Å². The number of esters is 1. The third kappa shape index (κ3) is 2.94. The van der Waals surface area contributed by atoms with E-state index in [1.54, 1.807) is 0 Å². The lowest BCUT2D eigenvalue weighted by molar-refractivity contribution is -0.140. The number of hydrogen-bond donors (Lipinski definition) is 1. The van der Waals surface area contributed by atoms with Crippen LogP contribution in [0.3, 0.4) is 0 Å². The molecule has 14 heavy (non-hydrogen) atoms. The van der Waals surface area contributed by atoms with Crippen molar-refractivity contribution in [2.24, 2.45) is 0 Å². The second-order valence-electron chi connectivity index (χ2n) is 2.87. The van der Waals surface area contributed by atoms with Crippen molar-refractivity contribution in [1.82, 2.24) is 0 Å². The first-order valence-electron chi connectivity index (χ1n) is 4.26. The van der Waals surface area contributed by atoms with E-state index in [-0.39, 0.29) is 12.2 Å². The summed E-state index contributed by atoms with van der Waals surface area (Å²) in [5, 5.41) is 8.54. The smallest absolute Gasteiger partial charge is 0.337 e. The number of aliphatic hydroxyl groups is 1. The van der Waals surface area contributed by atoms with Gasteiger partial charge in [-0.1, -0.05) is 30.3 Å². The van der Waals surface area contributed by atoms with Crippen LogP contribution < -0.4 is 0 Å². The highest BCUT2D eigenvalue weighted by atomic mass is 16.5. The SMILES string of the molecule is C/C(=C\O)C(=O)OCc1ccccc1. The summed E-state index contributed by atoms with van der Waals surface area (Å²) in [6.45, 7) is 1.72. The van der Waals surface area contributed by atoms with Gasteiger partial charge in [-0.05, 0) is 12.5 Å². The van der Waals surface area contributed by atoms with Crippen LogP contribution in [0.4, 0.5) is 0 Å². The Morgan fingerprint density at radius 2 is 2.07 bits per heavy atom. The lowest BCUT2D eigenvalue weighted by atomic mass is 10.2. The maximum atomic E-state index is 11.1. The molecule has 0 aliphatic carbocycles. The van der Waals surface area contributed by atoms with Crippen LogP contribution in [-0.4, -0.2) is 11.1 Å². The van der Waals surface area contributed by atoms with E-state index in [0.717, 1.165) is 11.8 Å². The van der Waals surface area contributed by atoms with Crippen LogP contribution in [0.25, 0.3) is 0 Å². The molecule has 1 aromatic carbocycles. The molecule has 3 heteroatoms. The van der Waals surface area contributed by atoms with Crippen molar-refractivity contribution >= 4 is 5.97 Å². The molecule has 0 saturated heterocycles. The Labute approximate surface area is 82.6 Å². The van der Waals surface area contributed by atoms with Crippen molar-refractivity contribution < 1.29 is 14.6 Å². The predicted octanol–water partition coefficient (Wildman–Crippen LogP) is 2.19. The molecule has 1 N–H and O–H groups in total. The summed E-state index contributed by atoms with van der Waals surface area (Å²) in [6.07, 6.45) is 0.743. The number of carbonyl (C=O) groups is 1. The number of hydrogen-bond acceptors (Lipinski definition) is 3. The summed E-state index contributed by atoms with van der Waals surface area (Å²) in [5.41, 5.74) is 1.12. The fourth-order valence-electron chi connectivity index (χ4n) is 0.890. The largest absolute Gasteiger partial charge is 0.515 e. The predicted molar refractivity (Wildman–Crippen MR) is 52.6 cm³/mol. The first-order valence-corrected chi connectivity index (χ1v) is 4.26. The zero-order valence-corrected chi connectivity index (χ0v) is 7.93. The van der Waals surface area contributed by atoms with Gasteiger partial charge in [-0.2, -0.15) is 0 Å². The van der Waals surface area contributed by atoms with Gasteiger partial charge in [0.2, 0.25) is 0 Å². The number of ether oxygens (including phenoxy) is 1. The molecule has 0 heterocycles. The summed E-state index contributed by atoms with van der Waals surface area (Å²) in [7, 11) is 0. The Balaban J connectivity index is 2.46. The molecule has 0 aromatic heterocycles. The van der Waals surface area contributed by atoms with Crippen molar-refractivity contribution in [1.29, 1.82) is 0 Å². The third-order valence-electron chi connectivity index (χ3n) is 1.73. The van der Waals surface area contributed by atoms with E-state index in [1.165, 1.54) is 6.92 Å². The summed E-state index contributed by atoms with van der Waals surface area (Å²) in [4.78, 5) is 11.1. The van der Waals surface area contributed by atoms with Crippen LogP contribution in [0.15, 0.2) is 42.2 Å². The lowest BCUT2D eigenvalue weighted by Gasteiger charge is -2.03. The van der Waals surface area contributed by atoms with Crippen LogP contribution in [0.1, 0.15) is 12.5 Å². The Bertz CT molecular complexity index is 328. The number of carbonyl (C=O) groups excluding carboxylic acids is 1. The minimum atomic E-state index is -0.503. The zero-order valence-electron chi connectivity index (χ0n) is 7.93. The molecule has 0 saturated carbocycles. The molecule has 0 spiro atoms. The third-order valence-corrected chi connectivity index (χ3v) is 1.73. The van der Waals surface area contributed by atoms with Gasteiger partial charge in [0.1, 0.15) is 6.61 Å². The van der Waals surface area contributed by atoms with Crippen molar-refractivity contribution in [3.63, 3.8) is 0 Å². The Kier molecular flexibility index (Phi) is 3.73. The highest BCUT2D eigenvalue weighted by Gasteiger charge is 2.05. The fraction of sp³-hybridized carbons (Fsp3) is 0.182. The topological polar surface area (TPSA) is 46.5 Å². The molecule has 1 aromatic rings. The number of aliphatic hydroxyl groups excluding tert-OH is 1. The van der Waals surface area contributed by atoms with E-state index in [1.807, 2.05) is 30.3 Å². The summed E-state index contributed by atoms with van der Waals surface area (Å²) >= 11 is 0. The van der Waals surface area contributed by atoms with Gasteiger partial charge in [-0.3, -0.25) is 0 Å². The molecule has 1 rings (SSSR count). The molecular weight excluding hydrogens is 180 g/mol. The van der Waals surface area contributed by atoms with E-state index >= 15 is 0 Å². The van der Waals surface area contributed by atoms with E-state index in [0.29, 0.717) is 0 Å². The summed E-state index contributed by atoms with van der Waals surface area (Å²) in [5.74, 6) is -0.503. The monoisotopic (exact) mass is 192 g/mol. The molecule has 0 radical (unpaired) electrons. The standard InChI is InChI=1S/C11H12O3/c1-9(7-12)11(13)14-8-10-5-3-2-4-6-10/h2-7,12H,8H2,1H3/b9-7+. The molecule has 0 aliphatic heterocycles. The normalized spacial score (nSPS) is 11.1. The average Bonchev–Trinajstić information content (AvgIpc) is 2.26. The van der Waals surface area contributed by atoms with Crippen LogP contribution in [0.2, 0.25) is 0 Å². The Morgan fingerprint density at radius 3 is 2.64 bits per heavy atom. The molecule has 0 fully saturated rings. The highest BCUT2D eigenvalue weighted by molar-refractivity contribution is 5.87. The first kappa shape index (κ1) is 10.3. The minimum Gasteiger partial charge on any atom is -0.515 e. The van der Waals surface area contributed by atoms with Crippen LogP contribution in [0.5, 0.6) is 0 Å². The van der Waals surface area contributed by atoms with E-state index in [2.05, 4.69) is 0 Å². The van der Waals surface area contributed by atoms with Crippen molar-refractivity contribution in [3.8, 4) is 0 Å². The van der Waals surface area contributed by atoms with Gasteiger partial charge in [0.25, 0.3) is 0 Å². The van der Waals surface area contributed by atoms with E-state index in [4.69, 9.17) is 9.84 Å². The fourth-order valence-corrected chi connectivity index (χ4v) is 0.890. The van der Waals surface area contributed by atoms with Crippen molar-refractivity contribution in [2.45, 2.75) is 13.5 Å². The first-order chi connectivity index (χ1) is 6.74. The van der Waals surface area contributed by atoms with Crippen molar-refractivity contribution in [2.75, 3.05) is 0 Å². The summed E-state index contributed by atoms with van der Waals surface area (Å²) < 4.78 is 4.91. The maximum Gasteiger partial charge on any atom is 0.337 e. The quantitative estimate of drug-likeness (QED) is 0.453. The second-order valence-corrected chi connectivity index (χ2v) is 2.87. The number of rotatable bonds is 3. The summed E-state index contributed by atoms with van der Waals surface area (Å²) in [6, 6.07) is 9.37. The highest BCUT2D eigenvalue weighted by Crippen LogP contribution is 2.03. The van der Waals surface area contributed by atoms with Crippen LogP contribution in [-0.2, 0) is 16.1 Å². The van der Waals surface area contributed by atoms with Crippen LogP contribution >= 0.6 is 0 Å². The second kappa shape index (κ2) is 5.07. The Hall–Kier alpha value is -1.77. The number of benzene rings is 1. The van der Waals surface area contributed by atoms with Crippen LogP contribution in [0, 0.1) is 0 Å². The molecular formula is C11H12O3. The van der Waals surface area contributed by atoms with Gasteiger partial charge in [0.05, 0.1) is 11.8 Å². The minimum absolute atomic E-state index is 0.195. The molecule has 74 valence electrons. The lowest BCUT2D eigenvalue weighted by Crippen LogP contribution is -2.05. The van der Waals surface area contributed by atoms with E-state index < -0.39 is 5.97 Å². The van der Waals surface area contributed by atoms with E-state index in [9.17, 15) is 4.79 Å². The molecule has 0 aliphatic rings. The molecule has 3 nitrogen and oxygen atoms in total. The molecule has 0 bridgehead atoms. The van der Waals surface area contributed by atoms with Gasteiger partial charge in [0, 0.05) is 0 Å². The zero-order chi connectivity index (χ0) is 10.4. The van der Waals surface area contributed by atoms with Gasteiger partial charge in [-0.15, -0.1) is 0 Å². The maximum absolute atomic E-state index is 11.1. The Morgan fingerprint density at radius 1 is 1.43 bits per heavy atom. The molecule has 0 unspecified atom stereocenters. The average molecular weight is 192 g/mol.